The topological polar surface area (TPSA) is 39.3 Å². The van der Waals surface area contributed by atoms with Gasteiger partial charge in [-0.2, -0.15) is 0 Å². The molecule has 2 aliphatic rings. The lowest BCUT2D eigenvalue weighted by Crippen LogP contribution is -2.49. The molecule has 5 rings (SSSR count). The molecule has 1 aliphatic heterocycles. The van der Waals surface area contributed by atoms with Crippen molar-refractivity contribution in [2.24, 2.45) is 5.92 Å². The highest BCUT2D eigenvalue weighted by Crippen LogP contribution is 2.42. The summed E-state index contributed by atoms with van der Waals surface area (Å²) in [5.41, 5.74) is 6.30. The molecule has 3 aromatic rings. The van der Waals surface area contributed by atoms with E-state index in [2.05, 4.69) is 84.5 Å². The molecule has 0 saturated carbocycles. The molecule has 2 heterocycles. The van der Waals surface area contributed by atoms with E-state index in [4.69, 9.17) is 0 Å². The van der Waals surface area contributed by atoms with Crippen LogP contribution in [0.4, 0.5) is 5.69 Å². The highest BCUT2D eigenvalue weighted by Gasteiger charge is 2.38. The van der Waals surface area contributed by atoms with Gasteiger partial charge in [0.2, 0.25) is 5.91 Å². The van der Waals surface area contributed by atoms with Gasteiger partial charge in [0, 0.05) is 42.4 Å². The number of carbonyl (C=O) groups is 1. The number of H-pyrrole nitrogens is 1. The van der Waals surface area contributed by atoms with Gasteiger partial charge in [0.05, 0.1) is 12.0 Å². The van der Waals surface area contributed by atoms with Crippen molar-refractivity contribution in [3.63, 3.8) is 0 Å². The fourth-order valence-corrected chi connectivity index (χ4v) is 5.07. The van der Waals surface area contributed by atoms with Crippen LogP contribution in [0.5, 0.6) is 0 Å². The van der Waals surface area contributed by atoms with Gasteiger partial charge in [-0.15, -0.1) is 0 Å². The first-order valence-corrected chi connectivity index (χ1v) is 10.6. The summed E-state index contributed by atoms with van der Waals surface area (Å²) in [5.74, 6) is 0.103. The van der Waals surface area contributed by atoms with Gasteiger partial charge < -0.3 is 14.8 Å². The number of hydrogen-bond acceptors (Lipinski definition) is 2. The third kappa shape index (κ3) is 2.86. The lowest BCUT2D eigenvalue weighted by Gasteiger charge is -2.43. The molecule has 2 aromatic carbocycles. The molecule has 1 amide bonds. The summed E-state index contributed by atoms with van der Waals surface area (Å²) in [5, 5.41) is 1.32. The Morgan fingerprint density at radius 2 is 1.90 bits per heavy atom. The number of nitrogens with one attached hydrogen (secondary N) is 1. The first kappa shape index (κ1) is 18.0. The van der Waals surface area contributed by atoms with Crippen molar-refractivity contribution in [1.82, 2.24) is 9.88 Å². The fraction of sp³-hybridized carbons (Fsp3) is 0.320. The Hall–Kier alpha value is -3.01. The van der Waals surface area contributed by atoms with Gasteiger partial charge in [-0.3, -0.25) is 4.79 Å². The monoisotopic (exact) mass is 385 g/mol. The minimum Gasteiger partial charge on any atom is -0.363 e. The van der Waals surface area contributed by atoms with Crippen LogP contribution in [0, 0.1) is 5.92 Å². The summed E-state index contributed by atoms with van der Waals surface area (Å²) >= 11 is 0. The average molecular weight is 386 g/mol. The molecule has 148 valence electrons. The molecule has 4 nitrogen and oxygen atoms in total. The van der Waals surface area contributed by atoms with E-state index in [1.807, 2.05) is 4.90 Å². The quantitative estimate of drug-likeness (QED) is 0.719. The SMILES string of the molecule is CCN(CC)C(=O)C1C=C2c3cccc4[nH]cc(c34)CC2N(c2ccccc2)C1. The lowest BCUT2D eigenvalue weighted by atomic mass is 9.79. The van der Waals surface area contributed by atoms with Crippen LogP contribution in [0.2, 0.25) is 0 Å². The van der Waals surface area contributed by atoms with Crippen LogP contribution >= 0.6 is 0 Å². The lowest BCUT2D eigenvalue weighted by molar-refractivity contribution is -0.133. The van der Waals surface area contributed by atoms with Crippen molar-refractivity contribution in [1.29, 1.82) is 0 Å². The first-order chi connectivity index (χ1) is 14.2. The molecule has 29 heavy (non-hydrogen) atoms. The molecule has 1 aliphatic carbocycles. The second-order valence-corrected chi connectivity index (χ2v) is 7.99. The van der Waals surface area contributed by atoms with E-state index in [1.165, 1.54) is 33.3 Å². The summed E-state index contributed by atoms with van der Waals surface area (Å²) in [6.07, 6.45) is 5.38. The maximum atomic E-state index is 13.3. The third-order valence-electron chi connectivity index (χ3n) is 6.50. The first-order valence-electron chi connectivity index (χ1n) is 10.6. The van der Waals surface area contributed by atoms with Crippen molar-refractivity contribution < 1.29 is 4.79 Å². The summed E-state index contributed by atoms with van der Waals surface area (Å²) in [7, 11) is 0. The average Bonchev–Trinajstić information content (AvgIpc) is 3.19. The smallest absolute Gasteiger partial charge is 0.231 e. The zero-order chi connectivity index (χ0) is 20.0. The van der Waals surface area contributed by atoms with Crippen LogP contribution < -0.4 is 4.90 Å². The van der Waals surface area contributed by atoms with Gasteiger partial charge >= 0.3 is 0 Å². The Labute approximate surface area is 171 Å². The maximum absolute atomic E-state index is 13.3. The van der Waals surface area contributed by atoms with Crippen LogP contribution in [0.25, 0.3) is 16.5 Å². The van der Waals surface area contributed by atoms with Crippen LogP contribution in [-0.2, 0) is 11.2 Å². The van der Waals surface area contributed by atoms with Crippen molar-refractivity contribution in [3.8, 4) is 0 Å². The van der Waals surface area contributed by atoms with Gasteiger partial charge in [0.25, 0.3) is 0 Å². The summed E-state index contributed by atoms with van der Waals surface area (Å²) in [6, 6.07) is 17.3. The Bertz CT molecular complexity index is 1080. The van der Waals surface area contributed by atoms with Crippen LogP contribution in [0.3, 0.4) is 0 Å². The number of carbonyl (C=O) groups excluding carboxylic acids is 1. The molecule has 0 spiro atoms. The van der Waals surface area contributed by atoms with Crippen LogP contribution in [0.15, 0.2) is 60.8 Å². The molecule has 0 fully saturated rings. The van der Waals surface area contributed by atoms with Gasteiger partial charge in [-0.1, -0.05) is 36.4 Å². The van der Waals surface area contributed by atoms with Crippen molar-refractivity contribution >= 4 is 28.1 Å². The number of fused-ring (bicyclic) bond motifs is 2. The minimum atomic E-state index is -0.128. The molecule has 2 atom stereocenters. The van der Waals surface area contributed by atoms with E-state index in [-0.39, 0.29) is 17.9 Å². The predicted molar refractivity (Wildman–Crippen MR) is 119 cm³/mol. The largest absolute Gasteiger partial charge is 0.363 e. The second-order valence-electron chi connectivity index (χ2n) is 7.99. The van der Waals surface area contributed by atoms with E-state index >= 15 is 0 Å². The highest BCUT2D eigenvalue weighted by atomic mass is 16.2. The van der Waals surface area contributed by atoms with Gasteiger partial charge in [-0.25, -0.2) is 0 Å². The number of aromatic amines is 1. The molecule has 1 aromatic heterocycles. The fourth-order valence-electron chi connectivity index (χ4n) is 5.07. The number of anilines is 1. The van der Waals surface area contributed by atoms with E-state index in [9.17, 15) is 4.79 Å². The molecule has 0 bridgehead atoms. The van der Waals surface area contributed by atoms with Crippen molar-refractivity contribution in [3.05, 3.63) is 71.9 Å². The van der Waals surface area contributed by atoms with E-state index < -0.39 is 0 Å². The van der Waals surface area contributed by atoms with Crippen molar-refractivity contribution in [2.45, 2.75) is 26.3 Å². The van der Waals surface area contributed by atoms with Crippen LogP contribution in [0.1, 0.15) is 25.0 Å². The normalized spacial score (nSPS) is 20.3. The van der Waals surface area contributed by atoms with E-state index in [0.29, 0.717) is 0 Å². The molecular formula is C25H27N3O. The number of amides is 1. The zero-order valence-corrected chi connectivity index (χ0v) is 17.1. The summed E-state index contributed by atoms with van der Waals surface area (Å²) in [4.78, 5) is 21.1. The summed E-state index contributed by atoms with van der Waals surface area (Å²) in [6.45, 7) is 6.34. The Morgan fingerprint density at radius 1 is 1.10 bits per heavy atom. The molecule has 4 heteroatoms. The van der Waals surface area contributed by atoms with Gasteiger partial charge in [-0.05, 0) is 55.2 Å². The van der Waals surface area contributed by atoms with E-state index in [1.54, 1.807) is 0 Å². The molecular weight excluding hydrogens is 358 g/mol. The highest BCUT2D eigenvalue weighted by molar-refractivity contribution is 6.00. The predicted octanol–water partition coefficient (Wildman–Crippen LogP) is 4.48. The van der Waals surface area contributed by atoms with Crippen LogP contribution in [-0.4, -0.2) is 41.5 Å². The number of nitrogens with zero attached hydrogens (tertiary/aromatic N) is 2. The van der Waals surface area contributed by atoms with Crippen molar-refractivity contribution in [2.75, 3.05) is 24.5 Å². The second kappa shape index (κ2) is 7.11. The summed E-state index contributed by atoms with van der Waals surface area (Å²) < 4.78 is 0. The Kier molecular flexibility index (Phi) is 4.42. The number of hydrogen-bond donors (Lipinski definition) is 1. The molecule has 2 unspecified atom stereocenters. The van der Waals surface area contributed by atoms with Gasteiger partial charge in [0.1, 0.15) is 0 Å². The minimum absolute atomic E-state index is 0.128. The van der Waals surface area contributed by atoms with E-state index in [0.717, 1.165) is 26.1 Å². The number of aromatic nitrogens is 1. The third-order valence-corrected chi connectivity index (χ3v) is 6.50. The molecule has 1 N–H and O–H groups in total. The zero-order valence-electron chi connectivity index (χ0n) is 17.1. The molecule has 0 radical (unpaired) electrons. The standard InChI is InChI=1S/C25H27N3O/c1-3-27(4-2)25(29)18-13-21-20-11-8-12-22-24(20)17(15-26-22)14-23(21)28(16-18)19-9-6-5-7-10-19/h5-13,15,18,23,26H,3-4,14,16H2,1-2H3. The van der Waals surface area contributed by atoms with Gasteiger partial charge in [0.15, 0.2) is 0 Å². The Morgan fingerprint density at radius 3 is 2.66 bits per heavy atom. The number of rotatable bonds is 4. The maximum Gasteiger partial charge on any atom is 0.231 e. The molecule has 0 saturated heterocycles. The number of benzene rings is 2. The Balaban J connectivity index is 1.65. The number of para-hydroxylation sites is 1.